The molecule has 1 heteroatoms. The summed E-state index contributed by atoms with van der Waals surface area (Å²) >= 11 is 0. The van der Waals surface area contributed by atoms with Crippen LogP contribution in [-0.2, 0) is 0 Å². The predicted molar refractivity (Wildman–Crippen MR) is 77.4 cm³/mol. The smallest absolute Gasteiger partial charge is 0.118 e. The minimum atomic E-state index is 0.508. The van der Waals surface area contributed by atoms with Crippen molar-refractivity contribution in [3.8, 4) is 0 Å². The summed E-state index contributed by atoms with van der Waals surface area (Å²) in [6, 6.07) is 0. The van der Waals surface area contributed by atoms with Gasteiger partial charge in [0.25, 0.3) is 0 Å². The zero-order valence-corrected chi connectivity index (χ0v) is 12.6. The molecular weight excluding hydrogens is 218 g/mol. The highest BCUT2D eigenvalue weighted by Crippen LogP contribution is 2.51. The molecule has 0 unspecified atom stereocenters. The second-order valence-corrected chi connectivity index (χ2v) is 7.45. The zero-order valence-electron chi connectivity index (χ0n) is 12.6. The number of likely N-dealkylation sites (N-methyl/N-ethyl adjacent to an activating group) is 1. The van der Waals surface area contributed by atoms with Gasteiger partial charge in [-0.15, -0.1) is 0 Å². The average molecular weight is 248 g/mol. The largest absolute Gasteiger partial charge is 0.317 e. The Morgan fingerprint density at radius 2 is 2.11 bits per heavy atom. The number of hydrogen-bond donors (Lipinski definition) is 0. The van der Waals surface area contributed by atoms with Gasteiger partial charge in [-0.05, 0) is 44.6 Å². The number of quaternary nitrogens is 1. The van der Waals surface area contributed by atoms with Gasteiger partial charge in [-0.1, -0.05) is 18.9 Å². The highest BCUT2D eigenvalue weighted by Gasteiger charge is 2.54. The monoisotopic (exact) mass is 248 g/mol. The number of nitrogens with zero attached hydrogens (tertiary/aromatic N) is 1. The van der Waals surface area contributed by atoms with Gasteiger partial charge in [0.2, 0.25) is 0 Å². The Kier molecular flexibility index (Phi) is 3.09. The van der Waals surface area contributed by atoms with Crippen LogP contribution in [0.1, 0.15) is 65.2 Å². The normalized spacial score (nSPS) is 43.8. The molecule has 3 rings (SSSR count). The highest BCUT2D eigenvalue weighted by atomic mass is 15.4. The summed E-state index contributed by atoms with van der Waals surface area (Å²) in [5.41, 5.74) is 4.27. The van der Waals surface area contributed by atoms with E-state index in [9.17, 15) is 0 Å². The molecule has 1 fully saturated rings. The Labute approximate surface area is 113 Å². The minimum absolute atomic E-state index is 0.508. The van der Waals surface area contributed by atoms with E-state index in [0.29, 0.717) is 5.54 Å². The Balaban J connectivity index is 1.89. The lowest BCUT2D eigenvalue weighted by Gasteiger charge is -2.57. The second kappa shape index (κ2) is 4.37. The van der Waals surface area contributed by atoms with E-state index in [0.717, 1.165) is 5.92 Å². The van der Waals surface area contributed by atoms with Crippen LogP contribution in [0, 0.1) is 5.92 Å². The molecule has 3 aliphatic rings. The van der Waals surface area contributed by atoms with E-state index >= 15 is 0 Å². The van der Waals surface area contributed by atoms with Crippen molar-refractivity contribution in [1.29, 1.82) is 0 Å². The molecule has 0 saturated carbocycles. The topological polar surface area (TPSA) is 0 Å². The van der Waals surface area contributed by atoms with Crippen molar-refractivity contribution in [1.82, 2.24) is 0 Å². The summed E-state index contributed by atoms with van der Waals surface area (Å²) < 4.78 is 1.36. The molecule has 0 bridgehead atoms. The third kappa shape index (κ3) is 1.70. The van der Waals surface area contributed by atoms with Crippen LogP contribution in [0.3, 0.4) is 0 Å². The summed E-state index contributed by atoms with van der Waals surface area (Å²) in [6.07, 6.45) is 11.4. The summed E-state index contributed by atoms with van der Waals surface area (Å²) in [5.74, 6) is 0.997. The fraction of sp³-hybridized carbons (Fsp3) is 0.882. The van der Waals surface area contributed by atoms with E-state index in [1.807, 2.05) is 11.1 Å². The maximum atomic E-state index is 2.59. The SMILES string of the molecule is CCC[C@@H]1CC[C@@]2(C)C3=C(CCC3)CC[N@+]2(C)C1. The van der Waals surface area contributed by atoms with Crippen molar-refractivity contribution >= 4 is 0 Å². The molecule has 3 atom stereocenters. The molecule has 2 aliphatic heterocycles. The van der Waals surface area contributed by atoms with Crippen LogP contribution < -0.4 is 0 Å². The molecule has 0 amide bonds. The van der Waals surface area contributed by atoms with Crippen LogP contribution in [0.5, 0.6) is 0 Å². The van der Waals surface area contributed by atoms with E-state index in [1.54, 1.807) is 0 Å². The van der Waals surface area contributed by atoms with Gasteiger partial charge in [0, 0.05) is 18.8 Å². The molecule has 0 aromatic heterocycles. The Bertz CT molecular complexity index is 370. The van der Waals surface area contributed by atoms with Crippen LogP contribution in [-0.4, -0.2) is 30.2 Å². The molecule has 102 valence electrons. The van der Waals surface area contributed by atoms with E-state index in [2.05, 4.69) is 20.9 Å². The summed E-state index contributed by atoms with van der Waals surface area (Å²) in [7, 11) is 2.56. The van der Waals surface area contributed by atoms with Gasteiger partial charge in [-0.2, -0.15) is 0 Å². The van der Waals surface area contributed by atoms with E-state index < -0.39 is 0 Å². The number of piperidine rings is 1. The van der Waals surface area contributed by atoms with E-state index in [1.165, 1.54) is 68.9 Å². The van der Waals surface area contributed by atoms with Crippen LogP contribution in [0.4, 0.5) is 0 Å². The molecule has 0 N–H and O–H groups in total. The molecule has 0 aromatic rings. The molecule has 1 nitrogen and oxygen atoms in total. The van der Waals surface area contributed by atoms with Crippen molar-refractivity contribution < 1.29 is 4.48 Å². The summed E-state index contributed by atoms with van der Waals surface area (Å²) in [4.78, 5) is 0. The van der Waals surface area contributed by atoms with Crippen molar-refractivity contribution in [3.05, 3.63) is 11.1 Å². The first kappa shape index (κ1) is 12.7. The van der Waals surface area contributed by atoms with Gasteiger partial charge in [-0.3, -0.25) is 0 Å². The maximum Gasteiger partial charge on any atom is 0.118 e. The van der Waals surface area contributed by atoms with Gasteiger partial charge >= 0.3 is 0 Å². The first-order valence-electron chi connectivity index (χ1n) is 8.15. The zero-order chi connectivity index (χ0) is 12.8. The molecule has 0 aromatic carbocycles. The Hall–Kier alpha value is -0.300. The summed E-state index contributed by atoms with van der Waals surface area (Å²) in [5, 5.41) is 0. The van der Waals surface area contributed by atoms with Crippen molar-refractivity contribution in [2.24, 2.45) is 5.92 Å². The molecule has 1 saturated heterocycles. The first-order chi connectivity index (χ1) is 8.59. The second-order valence-electron chi connectivity index (χ2n) is 7.45. The highest BCUT2D eigenvalue weighted by molar-refractivity contribution is 5.30. The van der Waals surface area contributed by atoms with Crippen LogP contribution in [0.2, 0.25) is 0 Å². The van der Waals surface area contributed by atoms with Crippen molar-refractivity contribution in [2.75, 3.05) is 20.1 Å². The fourth-order valence-electron chi connectivity index (χ4n) is 5.19. The molecule has 0 radical (unpaired) electrons. The third-order valence-electron chi connectivity index (χ3n) is 6.48. The van der Waals surface area contributed by atoms with Gasteiger partial charge < -0.3 is 4.48 Å². The number of fused-ring (bicyclic) bond motifs is 2. The lowest BCUT2D eigenvalue weighted by Crippen LogP contribution is -2.67. The lowest BCUT2D eigenvalue weighted by molar-refractivity contribution is -0.961. The van der Waals surface area contributed by atoms with E-state index in [-0.39, 0.29) is 0 Å². The van der Waals surface area contributed by atoms with Crippen LogP contribution in [0.25, 0.3) is 0 Å². The van der Waals surface area contributed by atoms with Crippen molar-refractivity contribution in [3.63, 3.8) is 0 Å². The standard InChI is InChI=1S/C17H30N/c1-4-6-14-9-11-17(2)16-8-5-7-15(16)10-12-18(17,3)13-14/h14H,4-13H2,1-3H3/q+1/t14-,17+,18-/m1/s1. The Morgan fingerprint density at radius 3 is 2.89 bits per heavy atom. The fourth-order valence-corrected chi connectivity index (χ4v) is 5.19. The maximum absolute atomic E-state index is 2.59. The number of rotatable bonds is 2. The molecule has 18 heavy (non-hydrogen) atoms. The predicted octanol–water partition coefficient (Wildman–Crippen LogP) is 4.29. The summed E-state index contributed by atoms with van der Waals surface area (Å²) in [6.45, 7) is 7.80. The van der Waals surface area contributed by atoms with Crippen molar-refractivity contribution in [2.45, 2.75) is 70.8 Å². The quantitative estimate of drug-likeness (QED) is 0.505. The van der Waals surface area contributed by atoms with E-state index in [4.69, 9.17) is 0 Å². The van der Waals surface area contributed by atoms with Crippen LogP contribution in [0.15, 0.2) is 11.1 Å². The average Bonchev–Trinajstić information content (AvgIpc) is 2.81. The third-order valence-corrected chi connectivity index (χ3v) is 6.48. The number of hydrogen-bond acceptors (Lipinski definition) is 0. The van der Waals surface area contributed by atoms with Gasteiger partial charge in [-0.25, -0.2) is 0 Å². The first-order valence-corrected chi connectivity index (χ1v) is 8.15. The van der Waals surface area contributed by atoms with Crippen LogP contribution >= 0.6 is 0 Å². The van der Waals surface area contributed by atoms with Gasteiger partial charge in [0.15, 0.2) is 0 Å². The van der Waals surface area contributed by atoms with Gasteiger partial charge in [0.05, 0.1) is 20.1 Å². The lowest BCUT2D eigenvalue weighted by atomic mass is 9.71. The Morgan fingerprint density at radius 1 is 1.28 bits per heavy atom. The molecule has 1 aliphatic carbocycles. The molecule has 2 heterocycles. The van der Waals surface area contributed by atoms with Gasteiger partial charge in [0.1, 0.15) is 5.54 Å². The minimum Gasteiger partial charge on any atom is -0.317 e. The molecular formula is C17H30N+. The molecule has 0 spiro atoms.